The smallest absolute Gasteiger partial charge is 0.0233 e. The van der Waals surface area contributed by atoms with Crippen LogP contribution < -0.4 is 0 Å². The number of fused-ring (bicyclic) bond motifs is 1. The van der Waals surface area contributed by atoms with E-state index in [4.69, 9.17) is 0 Å². The summed E-state index contributed by atoms with van der Waals surface area (Å²) >= 11 is 4.31. The Morgan fingerprint density at radius 1 is 0.821 bits per heavy atom. The van der Waals surface area contributed by atoms with Gasteiger partial charge in [0.25, 0.3) is 0 Å². The topological polar surface area (TPSA) is 3.24 Å². The van der Waals surface area contributed by atoms with Crippen LogP contribution >= 0.6 is 12.2 Å². The van der Waals surface area contributed by atoms with E-state index < -0.39 is 0 Å². The highest BCUT2D eigenvalue weighted by molar-refractivity contribution is 7.79. The molecule has 0 saturated heterocycles. The van der Waals surface area contributed by atoms with Gasteiger partial charge in [0.1, 0.15) is 0 Å². The first kappa shape index (κ1) is 27.9. The minimum atomic E-state index is 1.12. The number of thiocarbonyl (C=S) groups is 1. The second-order valence-corrected chi connectivity index (χ2v) is 6.23. The number of rotatable bonds is 2. The third-order valence-electron chi connectivity index (χ3n) is 3.25. The number of nitrogens with zero attached hydrogens (tertiary/aromatic N) is 1. The minimum absolute atomic E-state index is 1.12. The van der Waals surface area contributed by atoms with Gasteiger partial charge in [0.15, 0.2) is 0 Å². The Kier molecular flexibility index (Phi) is 22.7. The maximum absolute atomic E-state index is 4.31. The predicted octanol–water partition coefficient (Wildman–Crippen LogP) is 7.31. The largest absolute Gasteiger partial charge is 0.302 e. The summed E-state index contributed by atoms with van der Waals surface area (Å²) < 4.78 is 0. The van der Waals surface area contributed by atoms with Gasteiger partial charge in [0.05, 0.1) is 0 Å². The summed E-state index contributed by atoms with van der Waals surface area (Å²) in [5.74, 6) is 0. The van der Waals surface area contributed by atoms with Crippen molar-refractivity contribution in [2.45, 2.75) is 33.2 Å². The van der Waals surface area contributed by atoms with Gasteiger partial charge in [0.2, 0.25) is 0 Å². The van der Waals surface area contributed by atoms with Crippen LogP contribution in [0.5, 0.6) is 0 Å². The number of benzene rings is 2. The van der Waals surface area contributed by atoms with Crippen LogP contribution in [0.1, 0.15) is 31.4 Å². The fourth-order valence-electron chi connectivity index (χ4n) is 2.02. The summed E-state index contributed by atoms with van der Waals surface area (Å²) in [5.41, 5.74) is 3.03. The van der Waals surface area contributed by atoms with Crippen LogP contribution in [0.25, 0.3) is 0 Å². The Labute approximate surface area is 179 Å². The van der Waals surface area contributed by atoms with Gasteiger partial charge in [-0.2, -0.15) is 0 Å². The van der Waals surface area contributed by atoms with Crippen molar-refractivity contribution in [3.63, 3.8) is 0 Å². The third kappa shape index (κ3) is 18.5. The second-order valence-electron chi connectivity index (χ2n) is 5.96. The summed E-state index contributed by atoms with van der Waals surface area (Å²) in [6.45, 7) is 16.6. The number of likely N-dealkylation sites (N-methyl/N-ethyl adjacent to an activating group) is 1. The number of allylic oxidation sites excluding steroid dienone is 3. The minimum Gasteiger partial charge on any atom is -0.302 e. The van der Waals surface area contributed by atoms with E-state index in [2.05, 4.69) is 82.0 Å². The Morgan fingerprint density at radius 3 is 1.57 bits per heavy atom. The van der Waals surface area contributed by atoms with Crippen molar-refractivity contribution in [2.75, 3.05) is 13.6 Å². The van der Waals surface area contributed by atoms with E-state index in [1.54, 1.807) is 18.2 Å². The molecule has 152 valence electrons. The molecule has 2 aromatic carbocycles. The van der Waals surface area contributed by atoms with Gasteiger partial charge < -0.3 is 4.90 Å². The zero-order valence-corrected chi connectivity index (χ0v) is 18.7. The van der Waals surface area contributed by atoms with Crippen LogP contribution in [0.3, 0.4) is 0 Å². The fraction of sp³-hybridized carbons (Fsp3) is 0.269. The summed E-state index contributed by atoms with van der Waals surface area (Å²) in [6, 6.07) is 20.7. The second kappa shape index (κ2) is 22.8. The Morgan fingerprint density at radius 2 is 1.21 bits per heavy atom. The van der Waals surface area contributed by atoms with Crippen molar-refractivity contribution in [3.8, 4) is 0 Å². The van der Waals surface area contributed by atoms with Crippen LogP contribution in [-0.4, -0.2) is 23.9 Å². The first-order valence-corrected chi connectivity index (χ1v) is 10.1. The SMILES string of the molecule is C=CC=C.C=CC=S.CCC.CN1CCc2ccccc2C1.c1ccccc1. The molecule has 0 spiro atoms. The van der Waals surface area contributed by atoms with Gasteiger partial charge in [-0.15, -0.1) is 0 Å². The molecule has 2 aromatic rings. The quantitative estimate of drug-likeness (QED) is 0.298. The summed E-state index contributed by atoms with van der Waals surface area (Å²) in [7, 11) is 2.18. The number of hydrogen-bond acceptors (Lipinski definition) is 2. The summed E-state index contributed by atoms with van der Waals surface area (Å²) in [6.07, 6.45) is 7.31. The molecule has 1 aliphatic rings. The highest BCUT2D eigenvalue weighted by Gasteiger charge is 2.10. The molecule has 28 heavy (non-hydrogen) atoms. The average molecular weight is 396 g/mol. The molecule has 0 atom stereocenters. The molecule has 0 aliphatic carbocycles. The molecule has 0 saturated carbocycles. The van der Waals surface area contributed by atoms with Gasteiger partial charge in [-0.1, -0.05) is 131 Å². The summed E-state index contributed by atoms with van der Waals surface area (Å²) in [5, 5.41) is 1.47. The van der Waals surface area contributed by atoms with Crippen molar-refractivity contribution in [3.05, 3.63) is 110 Å². The molecule has 1 aliphatic heterocycles. The Hall–Kier alpha value is -2.29. The van der Waals surface area contributed by atoms with Gasteiger partial charge in [-0.25, -0.2) is 0 Å². The lowest BCUT2D eigenvalue weighted by Crippen LogP contribution is -2.26. The highest BCUT2D eigenvalue weighted by atomic mass is 32.1. The lowest BCUT2D eigenvalue weighted by atomic mass is 10.0. The van der Waals surface area contributed by atoms with Gasteiger partial charge in [-0.05, 0) is 24.6 Å². The molecule has 2 heteroatoms. The van der Waals surface area contributed by atoms with Gasteiger partial charge in [0, 0.05) is 18.5 Å². The first-order valence-electron chi connectivity index (χ1n) is 9.66. The van der Waals surface area contributed by atoms with E-state index in [0.29, 0.717) is 0 Å². The fourth-order valence-corrected chi connectivity index (χ4v) is 2.02. The molecule has 3 rings (SSSR count). The van der Waals surface area contributed by atoms with Crippen LogP contribution in [0.4, 0.5) is 0 Å². The molecular formula is C26H37NS. The standard InChI is InChI=1S/C10H13N.C6H6.C4H6.C3H4S.C3H8/c1-11-7-6-9-4-2-3-5-10(9)8-11;1-2-4-6-5-3-1;1-3-4-2;1-2-3-4;1-3-2/h2-5H,6-8H2,1H3;1-6H;3-4H,1-2H2;2-3H,1H2;3H2,1-2H3. The molecule has 1 nitrogen and oxygen atoms in total. The molecule has 0 amide bonds. The van der Waals surface area contributed by atoms with Crippen molar-refractivity contribution in [1.82, 2.24) is 4.90 Å². The molecule has 0 aromatic heterocycles. The summed E-state index contributed by atoms with van der Waals surface area (Å²) in [4.78, 5) is 2.36. The van der Waals surface area contributed by atoms with Crippen LogP contribution in [0, 0.1) is 0 Å². The van der Waals surface area contributed by atoms with Crippen molar-refractivity contribution in [1.29, 1.82) is 0 Å². The molecule has 1 heterocycles. The van der Waals surface area contributed by atoms with E-state index in [9.17, 15) is 0 Å². The molecule has 0 radical (unpaired) electrons. The molecule has 0 unspecified atom stereocenters. The maximum atomic E-state index is 4.31. The molecular weight excluding hydrogens is 358 g/mol. The highest BCUT2D eigenvalue weighted by Crippen LogP contribution is 2.16. The lowest BCUT2D eigenvalue weighted by Gasteiger charge is -2.24. The molecule has 0 N–H and O–H groups in total. The van der Waals surface area contributed by atoms with Crippen molar-refractivity contribution < 1.29 is 0 Å². The van der Waals surface area contributed by atoms with Gasteiger partial charge >= 0.3 is 0 Å². The maximum Gasteiger partial charge on any atom is 0.0233 e. The van der Waals surface area contributed by atoms with E-state index in [1.807, 2.05) is 36.4 Å². The van der Waals surface area contributed by atoms with E-state index in [0.717, 1.165) is 6.54 Å². The zero-order valence-electron chi connectivity index (χ0n) is 17.9. The molecule has 0 fully saturated rings. The zero-order chi connectivity index (χ0) is 21.5. The Balaban J connectivity index is 0. The van der Waals surface area contributed by atoms with E-state index in [-0.39, 0.29) is 0 Å². The number of hydrogen-bond donors (Lipinski definition) is 0. The van der Waals surface area contributed by atoms with Crippen LogP contribution in [-0.2, 0) is 13.0 Å². The van der Waals surface area contributed by atoms with E-state index >= 15 is 0 Å². The third-order valence-corrected chi connectivity index (χ3v) is 3.44. The average Bonchev–Trinajstić information content (AvgIpc) is 2.76. The van der Waals surface area contributed by atoms with E-state index in [1.165, 1.54) is 35.9 Å². The van der Waals surface area contributed by atoms with Crippen LogP contribution in [0.15, 0.2) is 98.6 Å². The van der Waals surface area contributed by atoms with Crippen LogP contribution in [0.2, 0.25) is 0 Å². The first-order chi connectivity index (χ1) is 13.6. The van der Waals surface area contributed by atoms with Gasteiger partial charge in [-0.3, -0.25) is 0 Å². The van der Waals surface area contributed by atoms with Crippen molar-refractivity contribution >= 4 is 17.6 Å². The molecule has 0 bridgehead atoms. The monoisotopic (exact) mass is 395 g/mol. The lowest BCUT2D eigenvalue weighted by molar-refractivity contribution is 0.313. The Bertz CT molecular complexity index is 569. The van der Waals surface area contributed by atoms with Crippen molar-refractivity contribution in [2.24, 2.45) is 0 Å². The predicted molar refractivity (Wildman–Crippen MR) is 133 cm³/mol. The normalized spacial score (nSPS) is 10.8.